The minimum Gasteiger partial charge on any atom is -0.361 e. The van der Waals surface area contributed by atoms with E-state index in [0.717, 1.165) is 23.7 Å². The summed E-state index contributed by atoms with van der Waals surface area (Å²) in [6, 6.07) is 14.6. The van der Waals surface area contributed by atoms with Crippen LogP contribution in [0.1, 0.15) is 23.2 Å². The van der Waals surface area contributed by atoms with Gasteiger partial charge in [-0.3, -0.25) is 9.59 Å². The van der Waals surface area contributed by atoms with Gasteiger partial charge < -0.3 is 15.2 Å². The number of H-pyrrole nitrogens is 1. The highest BCUT2D eigenvalue weighted by Crippen LogP contribution is 2.22. The van der Waals surface area contributed by atoms with E-state index < -0.39 is 0 Å². The molecule has 1 saturated heterocycles. The molecule has 1 atom stereocenters. The van der Waals surface area contributed by atoms with Gasteiger partial charge in [-0.1, -0.05) is 11.6 Å². The maximum atomic E-state index is 12.9. The summed E-state index contributed by atoms with van der Waals surface area (Å²) in [5, 5.41) is 4.55. The molecule has 1 fully saturated rings. The predicted octanol–water partition coefficient (Wildman–Crippen LogP) is 4.31. The fourth-order valence-corrected chi connectivity index (χ4v) is 3.65. The van der Waals surface area contributed by atoms with Crippen LogP contribution in [0.4, 0.5) is 5.69 Å². The third-order valence-corrected chi connectivity index (χ3v) is 5.24. The number of nitrogens with zero attached hydrogens (tertiary/aromatic N) is 1. The zero-order valence-electron chi connectivity index (χ0n) is 14.7. The molecule has 2 amide bonds. The third kappa shape index (κ3) is 3.83. The van der Waals surface area contributed by atoms with Crippen LogP contribution in [0.5, 0.6) is 0 Å². The fraction of sp³-hybridized carbons (Fsp3) is 0.238. The lowest BCUT2D eigenvalue weighted by Crippen LogP contribution is -2.43. The Morgan fingerprint density at radius 1 is 1.11 bits per heavy atom. The van der Waals surface area contributed by atoms with Crippen LogP contribution in [0, 0.1) is 5.92 Å². The van der Waals surface area contributed by atoms with Crippen molar-refractivity contribution in [3.05, 3.63) is 65.3 Å². The van der Waals surface area contributed by atoms with E-state index >= 15 is 0 Å². The maximum Gasteiger partial charge on any atom is 0.253 e. The van der Waals surface area contributed by atoms with Gasteiger partial charge in [-0.05, 0) is 61.4 Å². The Morgan fingerprint density at radius 2 is 1.93 bits per heavy atom. The molecule has 0 saturated carbocycles. The number of halogens is 1. The van der Waals surface area contributed by atoms with Crippen LogP contribution < -0.4 is 5.32 Å². The van der Waals surface area contributed by atoms with Crippen LogP contribution in [0.3, 0.4) is 0 Å². The van der Waals surface area contributed by atoms with Gasteiger partial charge in [-0.15, -0.1) is 0 Å². The summed E-state index contributed by atoms with van der Waals surface area (Å²) in [6.45, 7) is 1.11. The average Bonchev–Trinajstić information content (AvgIpc) is 3.17. The van der Waals surface area contributed by atoms with E-state index in [1.54, 1.807) is 29.2 Å². The molecule has 2 heterocycles. The molecule has 0 spiro atoms. The van der Waals surface area contributed by atoms with Crippen molar-refractivity contribution in [3.63, 3.8) is 0 Å². The molecule has 1 aliphatic rings. The molecule has 1 aliphatic heterocycles. The van der Waals surface area contributed by atoms with Crippen molar-refractivity contribution < 1.29 is 9.59 Å². The Bertz CT molecular complexity index is 981. The first-order chi connectivity index (χ1) is 13.1. The number of amides is 2. The summed E-state index contributed by atoms with van der Waals surface area (Å²) in [5.41, 5.74) is 2.37. The Balaban J connectivity index is 1.44. The highest BCUT2D eigenvalue weighted by Gasteiger charge is 2.29. The Labute approximate surface area is 162 Å². The second-order valence-electron chi connectivity index (χ2n) is 6.87. The highest BCUT2D eigenvalue weighted by atomic mass is 35.5. The standard InChI is InChI=1S/C21H20ClN3O2/c22-17-4-6-18(7-5-17)24-20(26)16-2-1-11-25(13-16)21(27)15-3-8-19-14(12-15)9-10-23-19/h3-10,12,16,23H,1-2,11,13H2,(H,24,26). The van der Waals surface area contributed by atoms with Gasteiger partial charge >= 0.3 is 0 Å². The summed E-state index contributed by atoms with van der Waals surface area (Å²) in [7, 11) is 0. The number of hydrogen-bond acceptors (Lipinski definition) is 2. The molecule has 2 N–H and O–H groups in total. The number of fused-ring (bicyclic) bond motifs is 1. The Kier molecular flexibility index (Phi) is 4.86. The van der Waals surface area contributed by atoms with Gasteiger partial charge in [0.2, 0.25) is 5.91 Å². The smallest absolute Gasteiger partial charge is 0.253 e. The van der Waals surface area contributed by atoms with Crippen LogP contribution in [-0.4, -0.2) is 34.8 Å². The van der Waals surface area contributed by atoms with Crippen LogP contribution in [-0.2, 0) is 4.79 Å². The molecule has 1 unspecified atom stereocenters. The predicted molar refractivity (Wildman–Crippen MR) is 107 cm³/mol. The molecule has 4 rings (SSSR count). The lowest BCUT2D eigenvalue weighted by Gasteiger charge is -2.32. The average molecular weight is 382 g/mol. The molecule has 0 bridgehead atoms. The van der Waals surface area contributed by atoms with Crippen molar-refractivity contribution in [2.24, 2.45) is 5.92 Å². The number of likely N-dealkylation sites (tertiary alicyclic amines) is 1. The van der Waals surface area contributed by atoms with Crippen molar-refractivity contribution in [3.8, 4) is 0 Å². The van der Waals surface area contributed by atoms with E-state index in [2.05, 4.69) is 10.3 Å². The zero-order valence-corrected chi connectivity index (χ0v) is 15.5. The highest BCUT2D eigenvalue weighted by molar-refractivity contribution is 6.30. The lowest BCUT2D eigenvalue weighted by molar-refractivity contribution is -0.121. The fourth-order valence-electron chi connectivity index (χ4n) is 3.52. The zero-order chi connectivity index (χ0) is 18.8. The van der Waals surface area contributed by atoms with E-state index in [0.29, 0.717) is 29.4 Å². The minimum atomic E-state index is -0.214. The second-order valence-corrected chi connectivity index (χ2v) is 7.30. The van der Waals surface area contributed by atoms with Crippen molar-refractivity contribution in [1.82, 2.24) is 9.88 Å². The third-order valence-electron chi connectivity index (χ3n) is 4.99. The molecular weight excluding hydrogens is 362 g/mol. The summed E-state index contributed by atoms with van der Waals surface area (Å²) in [6.07, 6.45) is 3.45. The molecule has 27 heavy (non-hydrogen) atoms. The minimum absolute atomic E-state index is 0.0258. The first kappa shape index (κ1) is 17.6. The molecule has 3 aromatic rings. The van der Waals surface area contributed by atoms with Gasteiger partial charge in [0.15, 0.2) is 0 Å². The lowest BCUT2D eigenvalue weighted by atomic mass is 9.96. The first-order valence-electron chi connectivity index (χ1n) is 9.03. The van der Waals surface area contributed by atoms with Crippen LogP contribution >= 0.6 is 11.6 Å². The van der Waals surface area contributed by atoms with E-state index in [-0.39, 0.29) is 17.7 Å². The van der Waals surface area contributed by atoms with E-state index in [1.807, 2.05) is 30.5 Å². The normalized spacial score (nSPS) is 17.1. The number of aromatic nitrogens is 1. The molecule has 6 heteroatoms. The number of piperidine rings is 1. The first-order valence-corrected chi connectivity index (χ1v) is 9.41. The Morgan fingerprint density at radius 3 is 2.74 bits per heavy atom. The maximum absolute atomic E-state index is 12.9. The molecule has 0 radical (unpaired) electrons. The van der Waals surface area contributed by atoms with Crippen molar-refractivity contribution in [1.29, 1.82) is 0 Å². The topological polar surface area (TPSA) is 65.2 Å². The summed E-state index contributed by atoms with van der Waals surface area (Å²) >= 11 is 5.88. The van der Waals surface area contributed by atoms with Crippen molar-refractivity contribution in [2.75, 3.05) is 18.4 Å². The Hall–Kier alpha value is -2.79. The molecule has 2 aromatic carbocycles. The second kappa shape index (κ2) is 7.45. The number of carbonyl (C=O) groups excluding carboxylic acids is 2. The number of carbonyl (C=O) groups is 2. The number of hydrogen-bond donors (Lipinski definition) is 2. The number of rotatable bonds is 3. The van der Waals surface area contributed by atoms with Crippen LogP contribution in [0.2, 0.25) is 5.02 Å². The van der Waals surface area contributed by atoms with Gasteiger partial charge in [0, 0.05) is 46.5 Å². The van der Waals surface area contributed by atoms with E-state index in [1.165, 1.54) is 0 Å². The summed E-state index contributed by atoms with van der Waals surface area (Å²) in [5.74, 6) is -0.299. The number of aromatic amines is 1. The van der Waals surface area contributed by atoms with Crippen molar-refractivity contribution >= 4 is 40.0 Å². The van der Waals surface area contributed by atoms with Gasteiger partial charge in [-0.2, -0.15) is 0 Å². The van der Waals surface area contributed by atoms with Gasteiger partial charge in [0.1, 0.15) is 0 Å². The number of benzene rings is 2. The molecule has 138 valence electrons. The molecule has 1 aromatic heterocycles. The number of nitrogens with one attached hydrogen (secondary N) is 2. The molecular formula is C21H20ClN3O2. The van der Waals surface area contributed by atoms with E-state index in [4.69, 9.17) is 11.6 Å². The van der Waals surface area contributed by atoms with Gasteiger partial charge in [0.05, 0.1) is 5.92 Å². The quantitative estimate of drug-likeness (QED) is 0.709. The SMILES string of the molecule is O=C(Nc1ccc(Cl)cc1)C1CCCN(C(=O)c2ccc3[nH]ccc3c2)C1. The largest absolute Gasteiger partial charge is 0.361 e. The molecule has 0 aliphatic carbocycles. The van der Waals surface area contributed by atoms with Gasteiger partial charge in [0.25, 0.3) is 5.91 Å². The monoisotopic (exact) mass is 381 g/mol. The van der Waals surface area contributed by atoms with E-state index in [9.17, 15) is 9.59 Å². The summed E-state index contributed by atoms with van der Waals surface area (Å²) < 4.78 is 0. The van der Waals surface area contributed by atoms with Crippen LogP contribution in [0.25, 0.3) is 10.9 Å². The summed E-state index contributed by atoms with van der Waals surface area (Å²) in [4.78, 5) is 30.4. The number of anilines is 1. The van der Waals surface area contributed by atoms with Crippen LogP contribution in [0.15, 0.2) is 54.7 Å². The van der Waals surface area contributed by atoms with Crippen molar-refractivity contribution in [2.45, 2.75) is 12.8 Å². The van der Waals surface area contributed by atoms with Gasteiger partial charge in [-0.25, -0.2) is 0 Å². The molecule has 5 nitrogen and oxygen atoms in total.